The second-order valence-electron chi connectivity index (χ2n) is 12.2. The molecule has 0 aliphatic rings. The zero-order chi connectivity index (χ0) is 38.0. The number of allylic oxidation sites excluding steroid dienone is 12. The molecule has 0 unspecified atom stereocenters. The van der Waals surface area contributed by atoms with Crippen LogP contribution in [0.4, 0.5) is 0 Å². The Morgan fingerprint density at radius 1 is 0.647 bits per heavy atom. The third kappa shape index (κ3) is 42.2. The maximum atomic E-state index is 12.1. The molecule has 0 saturated carbocycles. The minimum Gasteiger partial charge on any atom is -0.481 e. The number of aliphatic imine (C=N–C) groups is 1. The summed E-state index contributed by atoms with van der Waals surface area (Å²) >= 11 is 0. The number of hydrogen-bond acceptors (Lipinski definition) is 5. The van der Waals surface area contributed by atoms with Crippen molar-refractivity contribution >= 4 is 23.8 Å². The van der Waals surface area contributed by atoms with Crippen LogP contribution in [-0.4, -0.2) is 48.1 Å². The summed E-state index contributed by atoms with van der Waals surface area (Å²) in [4.78, 5) is 38.3. The van der Waals surface area contributed by atoms with E-state index in [1.165, 1.54) is 44.9 Å². The van der Waals surface area contributed by atoms with E-state index in [0.717, 1.165) is 51.4 Å². The Balaban J connectivity index is 0. The molecule has 9 nitrogen and oxygen atoms in total. The number of aliphatic carboxylic acids is 1. The average molecular weight is 713 g/mol. The number of esters is 1. The van der Waals surface area contributed by atoms with Gasteiger partial charge in [-0.15, -0.1) is 0 Å². The number of carboxylic acid groups (broad SMARTS) is 1. The molecule has 0 radical (unpaired) electrons. The molecule has 0 aliphatic heterocycles. The van der Waals surface area contributed by atoms with Crippen LogP contribution in [0.1, 0.15) is 149 Å². The molecule has 0 heterocycles. The predicted molar refractivity (Wildman–Crippen MR) is 215 cm³/mol. The first kappa shape index (κ1) is 49.2. The number of guanidine groups is 1. The van der Waals surface area contributed by atoms with E-state index in [1.807, 2.05) is 12.2 Å². The van der Waals surface area contributed by atoms with Crippen molar-refractivity contribution < 1.29 is 24.2 Å². The molecular weight excluding hydrogens is 640 g/mol. The van der Waals surface area contributed by atoms with Gasteiger partial charge in [0.1, 0.15) is 6.04 Å². The SMILES string of the molecule is CC/C=C\C/C=C\C/C=C\C/C=C\C/C=C\C/C=C\CCC(=O)O.CCCCCCCCCCCC(=O)N[C@@H](CCCN=C(N)N)C(=O)OCC. The second-order valence-corrected chi connectivity index (χ2v) is 12.2. The van der Waals surface area contributed by atoms with Gasteiger partial charge >= 0.3 is 11.9 Å². The molecule has 0 aromatic carbocycles. The van der Waals surface area contributed by atoms with Crippen molar-refractivity contribution in [3.63, 3.8) is 0 Å². The topological polar surface area (TPSA) is 157 Å². The third-order valence-corrected chi connectivity index (χ3v) is 7.48. The molecule has 0 saturated heterocycles. The van der Waals surface area contributed by atoms with E-state index < -0.39 is 18.0 Å². The smallest absolute Gasteiger partial charge is 0.328 e. The van der Waals surface area contributed by atoms with Gasteiger partial charge in [-0.05, 0) is 71.1 Å². The molecule has 0 spiro atoms. The van der Waals surface area contributed by atoms with E-state index in [2.05, 4.69) is 84.9 Å². The lowest BCUT2D eigenvalue weighted by molar-refractivity contribution is -0.147. The molecule has 9 heteroatoms. The molecule has 0 aromatic heterocycles. The minimum absolute atomic E-state index is 0.0251. The van der Waals surface area contributed by atoms with E-state index >= 15 is 0 Å². The molecule has 0 aromatic rings. The van der Waals surface area contributed by atoms with Crippen molar-refractivity contribution in [3.05, 3.63) is 72.9 Å². The van der Waals surface area contributed by atoms with Crippen LogP contribution in [0.25, 0.3) is 0 Å². The molecule has 0 fully saturated rings. The Morgan fingerprint density at radius 2 is 1.12 bits per heavy atom. The van der Waals surface area contributed by atoms with Crippen LogP contribution < -0.4 is 16.8 Å². The number of carboxylic acids is 1. The number of ether oxygens (including phenoxy) is 1. The first-order valence-electron chi connectivity index (χ1n) is 19.4. The van der Waals surface area contributed by atoms with Crippen molar-refractivity contribution in [1.29, 1.82) is 0 Å². The zero-order valence-corrected chi connectivity index (χ0v) is 32.2. The zero-order valence-electron chi connectivity index (χ0n) is 32.2. The number of unbranched alkanes of at least 4 members (excludes halogenated alkanes) is 8. The van der Waals surface area contributed by atoms with Crippen molar-refractivity contribution in [2.45, 2.75) is 155 Å². The average Bonchev–Trinajstić information content (AvgIpc) is 3.10. The van der Waals surface area contributed by atoms with Crippen molar-refractivity contribution in [2.24, 2.45) is 16.5 Å². The molecule has 1 amide bonds. The summed E-state index contributed by atoms with van der Waals surface area (Å²) in [6.45, 7) is 6.83. The quantitative estimate of drug-likeness (QED) is 0.0183. The van der Waals surface area contributed by atoms with Crippen LogP contribution in [0.3, 0.4) is 0 Å². The molecule has 6 N–H and O–H groups in total. The lowest BCUT2D eigenvalue weighted by Gasteiger charge is -2.17. The van der Waals surface area contributed by atoms with Crippen molar-refractivity contribution in [1.82, 2.24) is 5.32 Å². The van der Waals surface area contributed by atoms with E-state index in [4.69, 9.17) is 21.3 Å². The van der Waals surface area contributed by atoms with Crippen LogP contribution >= 0.6 is 0 Å². The molecule has 0 bridgehead atoms. The van der Waals surface area contributed by atoms with Crippen LogP contribution in [0, 0.1) is 0 Å². The monoisotopic (exact) mass is 713 g/mol. The summed E-state index contributed by atoms with van der Waals surface area (Å²) < 4.78 is 5.04. The Morgan fingerprint density at radius 3 is 1.57 bits per heavy atom. The maximum absolute atomic E-state index is 12.1. The lowest BCUT2D eigenvalue weighted by atomic mass is 10.1. The highest BCUT2D eigenvalue weighted by Crippen LogP contribution is 2.11. The highest BCUT2D eigenvalue weighted by atomic mass is 16.5. The van der Waals surface area contributed by atoms with E-state index in [-0.39, 0.29) is 24.9 Å². The second kappa shape index (κ2) is 40.5. The number of amides is 1. The Hall–Kier alpha value is -3.88. The fourth-order valence-corrected chi connectivity index (χ4v) is 4.70. The van der Waals surface area contributed by atoms with E-state index in [9.17, 15) is 14.4 Å². The van der Waals surface area contributed by atoms with Gasteiger partial charge in [0.25, 0.3) is 0 Å². The van der Waals surface area contributed by atoms with E-state index in [1.54, 1.807) is 6.92 Å². The largest absolute Gasteiger partial charge is 0.481 e. The third-order valence-electron chi connectivity index (χ3n) is 7.48. The normalized spacial score (nSPS) is 12.3. The highest BCUT2D eigenvalue weighted by molar-refractivity contribution is 5.84. The van der Waals surface area contributed by atoms with Gasteiger partial charge in [-0.1, -0.05) is 138 Å². The summed E-state index contributed by atoms with van der Waals surface area (Å²) in [5, 5.41) is 11.3. The lowest BCUT2D eigenvalue weighted by Crippen LogP contribution is -2.42. The summed E-state index contributed by atoms with van der Waals surface area (Å²) in [5.74, 6) is -1.22. The Bertz CT molecular complexity index is 1060. The molecular formula is C42H72N4O5. The molecule has 290 valence electrons. The van der Waals surface area contributed by atoms with Gasteiger partial charge < -0.3 is 26.6 Å². The number of rotatable bonds is 31. The van der Waals surface area contributed by atoms with Crippen molar-refractivity contribution in [3.8, 4) is 0 Å². The van der Waals surface area contributed by atoms with Crippen LogP contribution in [-0.2, 0) is 19.1 Å². The first-order valence-corrected chi connectivity index (χ1v) is 19.4. The minimum atomic E-state index is -0.741. The van der Waals surface area contributed by atoms with Gasteiger partial charge in [-0.3, -0.25) is 14.6 Å². The molecule has 0 aliphatic carbocycles. The maximum Gasteiger partial charge on any atom is 0.328 e. The van der Waals surface area contributed by atoms with Gasteiger partial charge in [0, 0.05) is 19.4 Å². The fourth-order valence-electron chi connectivity index (χ4n) is 4.70. The molecule has 0 rings (SSSR count). The van der Waals surface area contributed by atoms with Crippen LogP contribution in [0.2, 0.25) is 0 Å². The Labute approximate surface area is 310 Å². The summed E-state index contributed by atoms with van der Waals surface area (Å²) in [5.41, 5.74) is 10.6. The highest BCUT2D eigenvalue weighted by Gasteiger charge is 2.21. The number of carbonyl (C=O) groups excluding carboxylic acids is 2. The van der Waals surface area contributed by atoms with E-state index in [0.29, 0.717) is 32.2 Å². The van der Waals surface area contributed by atoms with Gasteiger partial charge in [-0.25, -0.2) is 4.79 Å². The van der Waals surface area contributed by atoms with Crippen LogP contribution in [0.15, 0.2) is 77.9 Å². The predicted octanol–water partition coefficient (Wildman–Crippen LogP) is 9.56. The van der Waals surface area contributed by atoms with Crippen LogP contribution in [0.5, 0.6) is 0 Å². The number of hydrogen-bond donors (Lipinski definition) is 4. The number of nitrogens with zero attached hydrogens (tertiary/aromatic N) is 1. The first-order chi connectivity index (χ1) is 24.8. The van der Waals surface area contributed by atoms with Crippen molar-refractivity contribution in [2.75, 3.05) is 13.2 Å². The molecule has 51 heavy (non-hydrogen) atoms. The Kier molecular flexibility index (Phi) is 39.1. The number of carbonyl (C=O) groups is 3. The van der Waals surface area contributed by atoms with Gasteiger partial charge in [0.15, 0.2) is 5.96 Å². The van der Waals surface area contributed by atoms with Gasteiger partial charge in [0.05, 0.1) is 6.61 Å². The summed E-state index contributed by atoms with van der Waals surface area (Å²) in [6, 6.07) is -0.634. The van der Waals surface area contributed by atoms with Gasteiger partial charge in [0.2, 0.25) is 5.91 Å². The summed E-state index contributed by atoms with van der Waals surface area (Å²) in [6.07, 6.45) is 44.8. The number of nitrogens with two attached hydrogens (primary N) is 2. The molecule has 1 atom stereocenters. The fraction of sp³-hybridized carbons (Fsp3) is 0.619. The summed E-state index contributed by atoms with van der Waals surface area (Å²) in [7, 11) is 0. The van der Waals surface area contributed by atoms with Gasteiger partial charge in [-0.2, -0.15) is 0 Å². The number of nitrogens with one attached hydrogen (secondary N) is 1. The standard InChI is InChI=1S/C22H32O2.C20H40N4O3/c1-2-3-4-5-6-7-8-9-10-11-12-13-14-15-16-17-18-19-20-21-22(23)24;1-3-5-6-7-8-9-10-11-12-15-18(25)24-17(19(26)27-4-2)14-13-16-23-20(21)22/h3-4,6-7,9-10,12-13,15-16,18-19H,2,5,8,11,14,17,20-21H2,1H3,(H,23,24);17H,3-16H2,1-2H3,(H,24,25)(H4,21,22,23)/b4-3-,7-6-,10-9-,13-12-,16-15-,19-18-;/t;17-/m.0/s1.